The Morgan fingerprint density at radius 2 is 2.21 bits per heavy atom. The van der Waals surface area contributed by atoms with Crippen LogP contribution < -0.4 is 5.32 Å². The molecule has 0 radical (unpaired) electrons. The van der Waals surface area contributed by atoms with Crippen LogP contribution >= 0.6 is 11.8 Å². The molecule has 14 heavy (non-hydrogen) atoms. The highest BCUT2D eigenvalue weighted by atomic mass is 32.2. The average Bonchev–Trinajstić information content (AvgIpc) is 2.22. The zero-order chi connectivity index (χ0) is 11.0. The van der Waals surface area contributed by atoms with Crippen LogP contribution in [0.25, 0.3) is 0 Å². The van der Waals surface area contributed by atoms with Crippen LogP contribution in [-0.2, 0) is 4.79 Å². The zero-order valence-corrected chi connectivity index (χ0v) is 9.30. The van der Waals surface area contributed by atoms with Crippen molar-refractivity contribution in [2.45, 2.75) is 13.0 Å². The third-order valence-electron chi connectivity index (χ3n) is 1.56. The monoisotopic (exact) mass is 214 g/mol. The normalized spacial score (nSPS) is 14.1. The zero-order valence-electron chi connectivity index (χ0n) is 8.48. The molecule has 0 aliphatic heterocycles. The Labute approximate surface area is 87.8 Å². The molecule has 0 bridgehead atoms. The number of nitroso groups, excluding NO2 is 1. The van der Waals surface area contributed by atoms with E-state index in [-0.39, 0.29) is 11.9 Å². The van der Waals surface area contributed by atoms with Gasteiger partial charge in [0.25, 0.3) is 0 Å². The van der Waals surface area contributed by atoms with Crippen molar-refractivity contribution in [2.24, 2.45) is 5.18 Å². The minimum atomic E-state index is -0.362. The maximum absolute atomic E-state index is 10.8. The number of likely N-dealkylation sites (N-methyl/N-ethyl adjacent to an activating group) is 1. The van der Waals surface area contributed by atoms with Crippen molar-refractivity contribution in [2.75, 3.05) is 13.3 Å². The second-order valence-corrected chi connectivity index (χ2v) is 3.41. The molecule has 1 amide bonds. The van der Waals surface area contributed by atoms with Gasteiger partial charge in [-0.25, -0.2) is 0 Å². The second-order valence-electron chi connectivity index (χ2n) is 2.53. The maximum atomic E-state index is 10.8. The fourth-order valence-electron chi connectivity index (χ4n) is 0.743. The van der Waals surface area contributed by atoms with Crippen LogP contribution in [0.4, 0.5) is 0 Å². The first-order valence-corrected chi connectivity index (χ1v) is 5.34. The highest BCUT2D eigenvalue weighted by Crippen LogP contribution is 2.18. The van der Waals surface area contributed by atoms with Gasteiger partial charge < -0.3 is 5.32 Å². The first kappa shape index (κ1) is 12.9. The van der Waals surface area contributed by atoms with E-state index >= 15 is 0 Å². The number of allylic oxidation sites excluding steroid dienone is 2. The molecule has 1 unspecified atom stereocenters. The van der Waals surface area contributed by atoms with Gasteiger partial charge in [0, 0.05) is 18.0 Å². The van der Waals surface area contributed by atoms with E-state index in [2.05, 4.69) is 10.5 Å². The summed E-state index contributed by atoms with van der Waals surface area (Å²) in [7, 11) is 1.56. The SMILES string of the molecule is CNC(=O)/C=C/C=C(\SC)C(C)N=O. The van der Waals surface area contributed by atoms with E-state index in [0.717, 1.165) is 4.91 Å². The molecule has 0 heterocycles. The molecule has 0 aromatic heterocycles. The minimum Gasteiger partial charge on any atom is -0.356 e. The predicted octanol–water partition coefficient (Wildman–Crippen LogP) is 1.69. The van der Waals surface area contributed by atoms with Crippen molar-refractivity contribution in [3.05, 3.63) is 28.0 Å². The van der Waals surface area contributed by atoms with Gasteiger partial charge in [-0.15, -0.1) is 11.8 Å². The van der Waals surface area contributed by atoms with Crippen LogP contribution in [0.3, 0.4) is 0 Å². The third-order valence-corrected chi connectivity index (χ3v) is 2.51. The standard InChI is InChI=1S/C9H14N2O2S/c1-7(11-13)8(14-3)5-4-6-9(12)10-2/h4-7H,1-3H3,(H,10,12)/b6-4+,8-5-. The van der Waals surface area contributed by atoms with Crippen molar-refractivity contribution in [3.63, 3.8) is 0 Å². The van der Waals surface area contributed by atoms with Crippen LogP contribution in [0.2, 0.25) is 0 Å². The van der Waals surface area contributed by atoms with Gasteiger partial charge in [-0.2, -0.15) is 4.91 Å². The summed E-state index contributed by atoms with van der Waals surface area (Å²) >= 11 is 1.45. The summed E-state index contributed by atoms with van der Waals surface area (Å²) in [6.45, 7) is 1.71. The summed E-state index contributed by atoms with van der Waals surface area (Å²) in [5.41, 5.74) is 0. The largest absolute Gasteiger partial charge is 0.356 e. The number of nitrogens with zero attached hydrogens (tertiary/aromatic N) is 1. The van der Waals surface area contributed by atoms with E-state index < -0.39 is 0 Å². The predicted molar refractivity (Wildman–Crippen MR) is 60.1 cm³/mol. The molecule has 0 saturated heterocycles. The summed E-state index contributed by atoms with van der Waals surface area (Å²) < 4.78 is 0. The molecule has 78 valence electrons. The number of hydrogen-bond donors (Lipinski definition) is 1. The smallest absolute Gasteiger partial charge is 0.243 e. The Kier molecular flexibility index (Phi) is 6.74. The molecule has 0 aromatic carbocycles. The molecule has 0 rings (SSSR count). The van der Waals surface area contributed by atoms with Gasteiger partial charge >= 0.3 is 0 Å². The van der Waals surface area contributed by atoms with Gasteiger partial charge in [0.1, 0.15) is 6.04 Å². The lowest BCUT2D eigenvalue weighted by Gasteiger charge is -2.03. The van der Waals surface area contributed by atoms with Crippen molar-refractivity contribution < 1.29 is 4.79 Å². The summed E-state index contributed by atoms with van der Waals surface area (Å²) in [6, 6.07) is -0.362. The fourth-order valence-corrected chi connectivity index (χ4v) is 1.34. The molecule has 0 aromatic rings. The highest BCUT2D eigenvalue weighted by Gasteiger charge is 2.05. The first-order valence-electron chi connectivity index (χ1n) is 4.12. The number of carbonyl (C=O) groups is 1. The van der Waals surface area contributed by atoms with Crippen LogP contribution in [0.1, 0.15) is 6.92 Å². The number of rotatable bonds is 5. The number of hydrogen-bond acceptors (Lipinski definition) is 4. The highest BCUT2D eigenvalue weighted by molar-refractivity contribution is 8.02. The molecular formula is C9H14N2O2S. The van der Waals surface area contributed by atoms with Gasteiger partial charge in [0.2, 0.25) is 5.91 Å². The quantitative estimate of drug-likeness (QED) is 0.430. The molecule has 4 nitrogen and oxygen atoms in total. The first-order chi connectivity index (χ1) is 6.65. The van der Waals surface area contributed by atoms with Crippen molar-refractivity contribution in [1.82, 2.24) is 5.32 Å². The number of thioether (sulfide) groups is 1. The number of nitrogens with one attached hydrogen (secondary N) is 1. The van der Waals surface area contributed by atoms with Gasteiger partial charge in [-0.1, -0.05) is 17.3 Å². The van der Waals surface area contributed by atoms with Gasteiger partial charge in [-0.05, 0) is 13.2 Å². The molecule has 0 aliphatic rings. The van der Waals surface area contributed by atoms with Crippen LogP contribution in [0, 0.1) is 4.91 Å². The Morgan fingerprint density at radius 3 is 2.64 bits per heavy atom. The van der Waals surface area contributed by atoms with Gasteiger partial charge in [0.05, 0.1) is 0 Å². The lowest BCUT2D eigenvalue weighted by molar-refractivity contribution is -0.116. The Bertz CT molecular complexity index is 262. The van der Waals surface area contributed by atoms with Crippen molar-refractivity contribution in [3.8, 4) is 0 Å². The fraction of sp³-hybridized carbons (Fsp3) is 0.444. The maximum Gasteiger partial charge on any atom is 0.243 e. The van der Waals surface area contributed by atoms with E-state index in [1.165, 1.54) is 17.8 Å². The third kappa shape index (κ3) is 4.81. The summed E-state index contributed by atoms with van der Waals surface area (Å²) in [4.78, 5) is 21.9. The molecule has 1 N–H and O–H groups in total. The van der Waals surface area contributed by atoms with Gasteiger partial charge in [0.15, 0.2) is 0 Å². The van der Waals surface area contributed by atoms with Crippen LogP contribution in [0.15, 0.2) is 28.3 Å². The Hall–Kier alpha value is -1.10. The van der Waals surface area contributed by atoms with Crippen LogP contribution in [0.5, 0.6) is 0 Å². The number of amides is 1. The molecule has 0 saturated carbocycles. The Morgan fingerprint density at radius 1 is 1.57 bits per heavy atom. The summed E-state index contributed by atoms with van der Waals surface area (Å²) in [6.07, 6.45) is 6.58. The van der Waals surface area contributed by atoms with E-state index in [4.69, 9.17) is 0 Å². The van der Waals surface area contributed by atoms with E-state index in [1.54, 1.807) is 26.1 Å². The van der Waals surface area contributed by atoms with Gasteiger partial charge in [-0.3, -0.25) is 4.79 Å². The summed E-state index contributed by atoms with van der Waals surface area (Å²) in [5, 5.41) is 5.36. The van der Waals surface area contributed by atoms with E-state index in [9.17, 15) is 9.70 Å². The summed E-state index contributed by atoms with van der Waals surface area (Å²) in [5.74, 6) is -0.173. The van der Waals surface area contributed by atoms with E-state index in [1.807, 2.05) is 6.26 Å². The molecule has 0 aliphatic carbocycles. The molecule has 0 fully saturated rings. The molecular weight excluding hydrogens is 200 g/mol. The second kappa shape index (κ2) is 7.32. The van der Waals surface area contributed by atoms with Crippen molar-refractivity contribution >= 4 is 17.7 Å². The molecule has 5 heteroatoms. The number of carbonyl (C=O) groups excluding carboxylic acids is 1. The minimum absolute atomic E-state index is 0.173. The Balaban J connectivity index is 4.38. The average molecular weight is 214 g/mol. The molecule has 1 atom stereocenters. The molecule has 0 spiro atoms. The lowest BCUT2D eigenvalue weighted by atomic mass is 10.3. The topological polar surface area (TPSA) is 58.5 Å². The van der Waals surface area contributed by atoms with Crippen molar-refractivity contribution in [1.29, 1.82) is 0 Å². The van der Waals surface area contributed by atoms with Crippen LogP contribution in [-0.4, -0.2) is 25.3 Å². The van der Waals surface area contributed by atoms with E-state index in [0.29, 0.717) is 0 Å². The lowest BCUT2D eigenvalue weighted by Crippen LogP contribution is -2.13.